The molecule has 72 valence electrons. The molecular formula is C10H21NO. The summed E-state index contributed by atoms with van der Waals surface area (Å²) < 4.78 is 0. The number of hydrogen-bond donors (Lipinski definition) is 2. The maximum atomic E-state index is 9.86. The molecule has 0 aromatic rings. The molecule has 1 fully saturated rings. The second-order valence-electron chi connectivity index (χ2n) is 4.15. The van der Waals surface area contributed by atoms with Crippen LogP contribution in [0.1, 0.15) is 39.5 Å². The lowest BCUT2D eigenvalue weighted by Gasteiger charge is -2.37. The van der Waals surface area contributed by atoms with Crippen molar-refractivity contribution in [2.45, 2.75) is 45.6 Å². The predicted octanol–water partition coefficient (Wildman–Crippen LogP) is 1.52. The van der Waals surface area contributed by atoms with Gasteiger partial charge in [0.1, 0.15) is 0 Å². The molecule has 0 aliphatic heterocycles. The van der Waals surface area contributed by atoms with E-state index < -0.39 is 0 Å². The molecule has 0 spiro atoms. The highest BCUT2D eigenvalue weighted by Gasteiger charge is 2.44. The van der Waals surface area contributed by atoms with Crippen LogP contribution in [0.25, 0.3) is 0 Å². The Hall–Kier alpha value is -0.0800. The molecule has 1 aliphatic rings. The van der Waals surface area contributed by atoms with Crippen molar-refractivity contribution in [2.24, 2.45) is 17.1 Å². The van der Waals surface area contributed by atoms with Crippen LogP contribution in [0.3, 0.4) is 0 Å². The van der Waals surface area contributed by atoms with E-state index in [4.69, 9.17) is 5.73 Å². The van der Waals surface area contributed by atoms with Crippen molar-refractivity contribution in [3.8, 4) is 0 Å². The molecule has 0 saturated heterocycles. The van der Waals surface area contributed by atoms with Crippen LogP contribution in [0.4, 0.5) is 0 Å². The van der Waals surface area contributed by atoms with Gasteiger partial charge in [0.2, 0.25) is 0 Å². The van der Waals surface area contributed by atoms with E-state index >= 15 is 0 Å². The monoisotopic (exact) mass is 171 g/mol. The molecule has 3 atom stereocenters. The van der Waals surface area contributed by atoms with Crippen molar-refractivity contribution in [1.82, 2.24) is 0 Å². The van der Waals surface area contributed by atoms with Gasteiger partial charge in [0, 0.05) is 12.0 Å². The SMILES string of the molecule is CCC(C)C1(CN)CCCC1O. The Morgan fingerprint density at radius 1 is 1.67 bits per heavy atom. The molecular weight excluding hydrogens is 150 g/mol. The average molecular weight is 171 g/mol. The van der Waals surface area contributed by atoms with E-state index in [2.05, 4.69) is 13.8 Å². The number of aliphatic hydroxyl groups excluding tert-OH is 1. The second kappa shape index (κ2) is 3.75. The summed E-state index contributed by atoms with van der Waals surface area (Å²) in [6.07, 6.45) is 4.16. The van der Waals surface area contributed by atoms with Crippen LogP contribution in [-0.2, 0) is 0 Å². The van der Waals surface area contributed by atoms with E-state index in [0.29, 0.717) is 12.5 Å². The first-order valence-corrected chi connectivity index (χ1v) is 5.05. The Morgan fingerprint density at radius 2 is 2.33 bits per heavy atom. The fourth-order valence-electron chi connectivity index (χ4n) is 2.50. The van der Waals surface area contributed by atoms with E-state index in [-0.39, 0.29) is 11.5 Å². The Kier molecular flexibility index (Phi) is 3.13. The lowest BCUT2D eigenvalue weighted by molar-refractivity contribution is 0.0163. The number of aliphatic hydroxyl groups is 1. The summed E-state index contributed by atoms with van der Waals surface area (Å²) in [5.74, 6) is 0.556. The van der Waals surface area contributed by atoms with E-state index in [1.807, 2.05) is 0 Å². The summed E-state index contributed by atoms with van der Waals surface area (Å²) in [5.41, 5.74) is 5.81. The molecule has 1 aliphatic carbocycles. The molecule has 0 aromatic heterocycles. The molecule has 3 N–H and O–H groups in total. The number of rotatable bonds is 3. The van der Waals surface area contributed by atoms with Gasteiger partial charge >= 0.3 is 0 Å². The molecule has 2 heteroatoms. The van der Waals surface area contributed by atoms with Gasteiger partial charge in [0.25, 0.3) is 0 Å². The third-order valence-electron chi connectivity index (χ3n) is 3.76. The Balaban J connectivity index is 2.73. The minimum atomic E-state index is -0.155. The molecule has 1 rings (SSSR count). The minimum absolute atomic E-state index is 0.0365. The summed E-state index contributed by atoms with van der Waals surface area (Å²) in [6, 6.07) is 0. The summed E-state index contributed by atoms with van der Waals surface area (Å²) in [5, 5.41) is 9.86. The Bertz CT molecular complexity index is 149. The van der Waals surface area contributed by atoms with Crippen molar-refractivity contribution in [3.63, 3.8) is 0 Å². The van der Waals surface area contributed by atoms with Gasteiger partial charge < -0.3 is 10.8 Å². The van der Waals surface area contributed by atoms with E-state index in [1.54, 1.807) is 0 Å². The molecule has 0 heterocycles. The summed E-state index contributed by atoms with van der Waals surface area (Å²) in [6.45, 7) is 5.03. The van der Waals surface area contributed by atoms with Crippen molar-refractivity contribution in [1.29, 1.82) is 0 Å². The van der Waals surface area contributed by atoms with Crippen LogP contribution in [0.2, 0.25) is 0 Å². The molecule has 0 radical (unpaired) electrons. The standard InChI is InChI=1S/C10H21NO/c1-3-8(2)10(7-11)6-4-5-9(10)12/h8-9,12H,3-7,11H2,1-2H3. The Labute approximate surface area is 75.2 Å². The molecule has 3 unspecified atom stereocenters. The lowest BCUT2D eigenvalue weighted by Crippen LogP contribution is -2.42. The molecule has 2 nitrogen and oxygen atoms in total. The highest BCUT2D eigenvalue weighted by atomic mass is 16.3. The maximum Gasteiger partial charge on any atom is 0.0611 e. The first kappa shape index (κ1) is 10.0. The minimum Gasteiger partial charge on any atom is -0.392 e. The average Bonchev–Trinajstić information content (AvgIpc) is 2.46. The van der Waals surface area contributed by atoms with E-state index in [0.717, 1.165) is 25.7 Å². The largest absolute Gasteiger partial charge is 0.392 e. The van der Waals surface area contributed by atoms with Gasteiger partial charge in [-0.1, -0.05) is 26.7 Å². The smallest absolute Gasteiger partial charge is 0.0611 e. The highest BCUT2D eigenvalue weighted by molar-refractivity contribution is 4.95. The predicted molar refractivity (Wildman–Crippen MR) is 50.8 cm³/mol. The summed E-state index contributed by atoms with van der Waals surface area (Å²) in [7, 11) is 0. The molecule has 12 heavy (non-hydrogen) atoms. The quantitative estimate of drug-likeness (QED) is 0.676. The topological polar surface area (TPSA) is 46.2 Å². The summed E-state index contributed by atoms with van der Waals surface area (Å²) in [4.78, 5) is 0. The van der Waals surface area contributed by atoms with Gasteiger partial charge in [-0.15, -0.1) is 0 Å². The van der Waals surface area contributed by atoms with E-state index in [9.17, 15) is 5.11 Å². The normalized spacial score (nSPS) is 38.5. The lowest BCUT2D eigenvalue weighted by atomic mass is 9.72. The molecule has 0 aromatic carbocycles. The second-order valence-corrected chi connectivity index (χ2v) is 4.15. The maximum absolute atomic E-state index is 9.86. The number of nitrogens with two attached hydrogens (primary N) is 1. The molecule has 0 bridgehead atoms. The third-order valence-corrected chi connectivity index (χ3v) is 3.76. The van der Waals surface area contributed by atoms with Crippen molar-refractivity contribution >= 4 is 0 Å². The van der Waals surface area contributed by atoms with Gasteiger partial charge in [-0.05, 0) is 18.8 Å². The first-order chi connectivity index (χ1) is 5.67. The molecule has 1 saturated carbocycles. The van der Waals surface area contributed by atoms with Crippen molar-refractivity contribution in [2.75, 3.05) is 6.54 Å². The van der Waals surface area contributed by atoms with Crippen LogP contribution in [0.15, 0.2) is 0 Å². The zero-order valence-electron chi connectivity index (χ0n) is 8.21. The summed E-state index contributed by atoms with van der Waals surface area (Å²) >= 11 is 0. The van der Waals surface area contributed by atoms with Gasteiger partial charge in [-0.3, -0.25) is 0 Å². The first-order valence-electron chi connectivity index (χ1n) is 5.05. The van der Waals surface area contributed by atoms with Crippen LogP contribution in [0.5, 0.6) is 0 Å². The highest BCUT2D eigenvalue weighted by Crippen LogP contribution is 2.44. The van der Waals surface area contributed by atoms with Gasteiger partial charge in [-0.2, -0.15) is 0 Å². The van der Waals surface area contributed by atoms with E-state index in [1.165, 1.54) is 0 Å². The number of hydrogen-bond acceptors (Lipinski definition) is 2. The van der Waals surface area contributed by atoms with Crippen molar-refractivity contribution < 1.29 is 5.11 Å². The zero-order valence-corrected chi connectivity index (χ0v) is 8.21. The Morgan fingerprint density at radius 3 is 2.67 bits per heavy atom. The van der Waals surface area contributed by atoms with Gasteiger partial charge in [0.15, 0.2) is 0 Å². The van der Waals surface area contributed by atoms with Crippen LogP contribution in [-0.4, -0.2) is 17.8 Å². The fourth-order valence-corrected chi connectivity index (χ4v) is 2.50. The van der Waals surface area contributed by atoms with Crippen LogP contribution in [0, 0.1) is 11.3 Å². The molecule has 0 amide bonds. The van der Waals surface area contributed by atoms with Crippen LogP contribution < -0.4 is 5.73 Å². The van der Waals surface area contributed by atoms with Crippen LogP contribution >= 0.6 is 0 Å². The third kappa shape index (κ3) is 1.38. The zero-order chi connectivity index (χ0) is 9.19. The van der Waals surface area contributed by atoms with Gasteiger partial charge in [-0.25, -0.2) is 0 Å². The van der Waals surface area contributed by atoms with Crippen molar-refractivity contribution in [3.05, 3.63) is 0 Å². The fraction of sp³-hybridized carbons (Fsp3) is 1.00. The van der Waals surface area contributed by atoms with Gasteiger partial charge in [0.05, 0.1) is 6.10 Å².